The highest BCUT2D eigenvalue weighted by molar-refractivity contribution is 6.07. The van der Waals surface area contributed by atoms with Gasteiger partial charge >= 0.3 is 0 Å². The van der Waals surface area contributed by atoms with Crippen molar-refractivity contribution in [1.29, 1.82) is 0 Å². The number of anilines is 4. The zero-order valence-corrected chi connectivity index (χ0v) is 22.1. The molecule has 0 aliphatic rings. The predicted molar refractivity (Wildman–Crippen MR) is 158 cm³/mol. The van der Waals surface area contributed by atoms with Gasteiger partial charge in [0.05, 0.1) is 6.54 Å². The third kappa shape index (κ3) is 6.90. The summed E-state index contributed by atoms with van der Waals surface area (Å²) in [6.45, 7) is 4.97. The molecule has 0 aromatic heterocycles. The Labute approximate surface area is 229 Å². The van der Waals surface area contributed by atoms with Crippen LogP contribution in [0.4, 0.5) is 22.7 Å². The summed E-state index contributed by atoms with van der Waals surface area (Å²) in [6.07, 6.45) is 0. The monoisotopic (exact) mass is 520 g/mol. The molecular weight excluding hydrogens is 488 g/mol. The van der Waals surface area contributed by atoms with Crippen LogP contribution in [0.15, 0.2) is 109 Å². The second-order valence-electron chi connectivity index (χ2n) is 8.83. The molecule has 0 aliphatic carbocycles. The summed E-state index contributed by atoms with van der Waals surface area (Å²) < 4.78 is 0. The van der Waals surface area contributed by atoms with Crippen molar-refractivity contribution in [2.24, 2.45) is 0 Å². The Hall–Kier alpha value is -4.91. The molecule has 2 N–H and O–H groups in total. The van der Waals surface area contributed by atoms with Crippen molar-refractivity contribution >= 4 is 40.5 Å². The molecule has 0 fully saturated rings. The number of hydrogen-bond donors (Lipinski definition) is 2. The van der Waals surface area contributed by atoms with Gasteiger partial charge in [-0.3, -0.25) is 14.4 Å². The summed E-state index contributed by atoms with van der Waals surface area (Å²) >= 11 is 0. The third-order valence-corrected chi connectivity index (χ3v) is 6.24. The van der Waals surface area contributed by atoms with E-state index in [1.54, 1.807) is 58.3 Å². The summed E-state index contributed by atoms with van der Waals surface area (Å²) in [5.41, 5.74) is 3.97. The minimum Gasteiger partial charge on any atom is -0.376 e. The third-order valence-electron chi connectivity index (χ3n) is 6.24. The van der Waals surface area contributed by atoms with Crippen LogP contribution in [0.2, 0.25) is 0 Å². The summed E-state index contributed by atoms with van der Waals surface area (Å²) in [5, 5.41) is 5.92. The van der Waals surface area contributed by atoms with Crippen molar-refractivity contribution < 1.29 is 14.4 Å². The van der Waals surface area contributed by atoms with Gasteiger partial charge in [0.1, 0.15) is 0 Å². The molecule has 0 saturated carbocycles. The number of benzene rings is 4. The van der Waals surface area contributed by atoms with Crippen LogP contribution in [0.3, 0.4) is 0 Å². The van der Waals surface area contributed by atoms with E-state index in [1.807, 2.05) is 74.5 Å². The van der Waals surface area contributed by atoms with Gasteiger partial charge in [-0.25, -0.2) is 0 Å². The van der Waals surface area contributed by atoms with E-state index < -0.39 is 0 Å². The standard InChI is InChI=1S/C32H32N4O3/c1-3-35(28-14-7-5-8-15-28)31(38)24-18-20-26(21-19-24)33-23-30(37)34-27-13-11-12-25(22-27)32(39)36(4-2)29-16-9-6-10-17-29/h5-22,33H,3-4,23H2,1-2H3,(H,34,37). The van der Waals surface area contributed by atoms with Crippen molar-refractivity contribution in [3.63, 3.8) is 0 Å². The van der Waals surface area contributed by atoms with E-state index in [0.717, 1.165) is 17.1 Å². The van der Waals surface area contributed by atoms with Crippen LogP contribution in [-0.2, 0) is 4.79 Å². The van der Waals surface area contributed by atoms with Crippen LogP contribution in [0.5, 0.6) is 0 Å². The number of amides is 3. The Morgan fingerprint density at radius 3 is 1.67 bits per heavy atom. The number of para-hydroxylation sites is 2. The molecule has 198 valence electrons. The Kier molecular flexibility index (Phi) is 9.08. The largest absolute Gasteiger partial charge is 0.376 e. The highest BCUT2D eigenvalue weighted by Crippen LogP contribution is 2.20. The highest BCUT2D eigenvalue weighted by atomic mass is 16.2. The maximum atomic E-state index is 13.1. The van der Waals surface area contributed by atoms with Gasteiger partial charge in [0.25, 0.3) is 11.8 Å². The first-order valence-corrected chi connectivity index (χ1v) is 13.0. The smallest absolute Gasteiger partial charge is 0.258 e. The van der Waals surface area contributed by atoms with E-state index in [0.29, 0.717) is 29.9 Å². The van der Waals surface area contributed by atoms with E-state index >= 15 is 0 Å². The maximum absolute atomic E-state index is 13.1. The van der Waals surface area contributed by atoms with E-state index in [1.165, 1.54) is 0 Å². The molecule has 0 unspecified atom stereocenters. The number of nitrogens with one attached hydrogen (secondary N) is 2. The molecule has 4 aromatic rings. The number of carbonyl (C=O) groups is 3. The van der Waals surface area contributed by atoms with Gasteiger partial charge in [-0.1, -0.05) is 42.5 Å². The lowest BCUT2D eigenvalue weighted by molar-refractivity contribution is -0.114. The summed E-state index contributed by atoms with van der Waals surface area (Å²) in [5.74, 6) is -0.478. The quantitative estimate of drug-likeness (QED) is 0.266. The summed E-state index contributed by atoms with van der Waals surface area (Å²) in [7, 11) is 0. The lowest BCUT2D eigenvalue weighted by Crippen LogP contribution is -2.30. The van der Waals surface area contributed by atoms with Gasteiger partial charge in [-0.2, -0.15) is 0 Å². The fraction of sp³-hybridized carbons (Fsp3) is 0.156. The van der Waals surface area contributed by atoms with Crippen LogP contribution < -0.4 is 20.4 Å². The molecule has 0 saturated heterocycles. The molecule has 4 aromatic carbocycles. The van der Waals surface area contributed by atoms with Crippen LogP contribution in [0.25, 0.3) is 0 Å². The van der Waals surface area contributed by atoms with Crippen molar-refractivity contribution in [3.05, 3.63) is 120 Å². The summed E-state index contributed by atoms with van der Waals surface area (Å²) in [6, 6.07) is 33.0. The average Bonchev–Trinajstić information content (AvgIpc) is 2.98. The molecular formula is C32H32N4O3. The summed E-state index contributed by atoms with van der Waals surface area (Å²) in [4.78, 5) is 42.1. The van der Waals surface area contributed by atoms with Crippen molar-refractivity contribution in [2.45, 2.75) is 13.8 Å². The number of nitrogens with zero attached hydrogens (tertiary/aromatic N) is 2. The van der Waals surface area contributed by atoms with E-state index in [2.05, 4.69) is 10.6 Å². The Morgan fingerprint density at radius 1 is 0.590 bits per heavy atom. The van der Waals surface area contributed by atoms with E-state index in [-0.39, 0.29) is 24.3 Å². The lowest BCUT2D eigenvalue weighted by Gasteiger charge is -2.21. The van der Waals surface area contributed by atoms with Gasteiger partial charge < -0.3 is 20.4 Å². The first-order valence-electron chi connectivity index (χ1n) is 13.0. The minimum absolute atomic E-state index is 0.0294. The number of hydrogen-bond acceptors (Lipinski definition) is 4. The highest BCUT2D eigenvalue weighted by Gasteiger charge is 2.17. The molecule has 0 radical (unpaired) electrons. The van der Waals surface area contributed by atoms with Gasteiger partial charge in [-0.05, 0) is 80.6 Å². The molecule has 39 heavy (non-hydrogen) atoms. The normalized spacial score (nSPS) is 10.4. The van der Waals surface area contributed by atoms with Gasteiger partial charge in [0, 0.05) is 47.0 Å². The Morgan fingerprint density at radius 2 is 1.13 bits per heavy atom. The zero-order valence-electron chi connectivity index (χ0n) is 22.1. The molecule has 0 spiro atoms. The fourth-order valence-electron chi connectivity index (χ4n) is 4.26. The fourth-order valence-corrected chi connectivity index (χ4v) is 4.26. The SMILES string of the molecule is CCN(C(=O)c1ccc(NCC(=O)Nc2cccc(C(=O)N(CC)c3ccccc3)c2)cc1)c1ccccc1. The van der Waals surface area contributed by atoms with Crippen molar-refractivity contribution in [1.82, 2.24) is 0 Å². The molecule has 0 heterocycles. The molecule has 7 heteroatoms. The van der Waals surface area contributed by atoms with Gasteiger partial charge in [0.2, 0.25) is 5.91 Å². The van der Waals surface area contributed by atoms with Crippen LogP contribution in [0.1, 0.15) is 34.6 Å². The molecule has 4 rings (SSSR count). The predicted octanol–water partition coefficient (Wildman–Crippen LogP) is 6.07. The average molecular weight is 521 g/mol. The van der Waals surface area contributed by atoms with Gasteiger partial charge in [0.15, 0.2) is 0 Å². The zero-order chi connectivity index (χ0) is 27.6. The van der Waals surface area contributed by atoms with Crippen LogP contribution >= 0.6 is 0 Å². The Bertz CT molecular complexity index is 1410. The molecule has 7 nitrogen and oxygen atoms in total. The van der Waals surface area contributed by atoms with Crippen molar-refractivity contribution in [3.8, 4) is 0 Å². The number of rotatable bonds is 10. The topological polar surface area (TPSA) is 81.8 Å². The first-order chi connectivity index (χ1) is 19.0. The van der Waals surface area contributed by atoms with Gasteiger partial charge in [-0.15, -0.1) is 0 Å². The van der Waals surface area contributed by atoms with Crippen LogP contribution in [-0.4, -0.2) is 37.4 Å². The maximum Gasteiger partial charge on any atom is 0.258 e. The van der Waals surface area contributed by atoms with Crippen LogP contribution in [0, 0.1) is 0 Å². The second kappa shape index (κ2) is 13.1. The minimum atomic E-state index is -0.253. The van der Waals surface area contributed by atoms with Crippen molar-refractivity contribution in [2.75, 3.05) is 40.1 Å². The van der Waals surface area contributed by atoms with E-state index in [9.17, 15) is 14.4 Å². The second-order valence-corrected chi connectivity index (χ2v) is 8.83. The molecule has 0 aliphatic heterocycles. The lowest BCUT2D eigenvalue weighted by atomic mass is 10.1. The van der Waals surface area contributed by atoms with E-state index in [4.69, 9.17) is 0 Å². The molecule has 0 bridgehead atoms. The molecule has 0 atom stereocenters. The molecule has 3 amide bonds. The first kappa shape index (κ1) is 27.1. The number of carbonyl (C=O) groups excluding carboxylic acids is 3. The Balaban J connectivity index is 1.34.